The molecule has 0 aromatic heterocycles. The van der Waals surface area contributed by atoms with Crippen molar-refractivity contribution < 1.29 is 18.3 Å². The molecule has 0 bridgehead atoms. The van der Waals surface area contributed by atoms with E-state index in [0.29, 0.717) is 5.56 Å². The summed E-state index contributed by atoms with van der Waals surface area (Å²) in [4.78, 5) is 11.4. The third kappa shape index (κ3) is 4.91. The second kappa shape index (κ2) is 7.59. The first-order valence-electron chi connectivity index (χ1n) is 7.60. The molecular formula is C18H21NO4S. The van der Waals surface area contributed by atoms with Crippen molar-refractivity contribution in [3.8, 4) is 0 Å². The molecule has 0 amide bonds. The number of rotatable bonds is 7. The first-order valence-corrected chi connectivity index (χ1v) is 9.25. The molecule has 2 rings (SSSR count). The number of carboxylic acids is 1. The van der Waals surface area contributed by atoms with Crippen LogP contribution in [0.15, 0.2) is 48.5 Å². The van der Waals surface area contributed by atoms with Crippen LogP contribution in [0.5, 0.6) is 0 Å². The predicted molar refractivity (Wildman–Crippen MR) is 93.2 cm³/mol. The summed E-state index contributed by atoms with van der Waals surface area (Å²) < 4.78 is 27.2. The van der Waals surface area contributed by atoms with E-state index in [0.717, 1.165) is 16.7 Å². The van der Waals surface area contributed by atoms with Gasteiger partial charge in [-0.1, -0.05) is 48.5 Å². The first-order chi connectivity index (χ1) is 11.3. The average Bonchev–Trinajstić information content (AvgIpc) is 2.51. The van der Waals surface area contributed by atoms with Gasteiger partial charge in [-0.15, -0.1) is 0 Å². The van der Waals surface area contributed by atoms with Crippen LogP contribution in [-0.4, -0.2) is 25.5 Å². The van der Waals surface area contributed by atoms with Gasteiger partial charge in [0.15, 0.2) is 0 Å². The Labute approximate surface area is 142 Å². The van der Waals surface area contributed by atoms with E-state index in [2.05, 4.69) is 4.72 Å². The molecule has 6 heteroatoms. The molecule has 0 aliphatic heterocycles. The van der Waals surface area contributed by atoms with E-state index in [1.165, 1.54) is 0 Å². The van der Waals surface area contributed by atoms with Crippen LogP contribution < -0.4 is 4.72 Å². The monoisotopic (exact) mass is 347 g/mol. The molecular weight excluding hydrogens is 326 g/mol. The molecule has 2 aromatic carbocycles. The van der Waals surface area contributed by atoms with Gasteiger partial charge in [-0.3, -0.25) is 4.79 Å². The predicted octanol–water partition coefficient (Wildman–Crippen LogP) is 2.42. The number of sulfonamides is 1. The topological polar surface area (TPSA) is 83.5 Å². The Morgan fingerprint density at radius 2 is 1.62 bits per heavy atom. The Bertz CT molecular complexity index is 796. The summed E-state index contributed by atoms with van der Waals surface area (Å²) in [5.74, 6) is -1.42. The smallest absolute Gasteiger partial charge is 0.322 e. The zero-order valence-electron chi connectivity index (χ0n) is 13.7. The number of aryl methyl sites for hydroxylation is 2. The summed E-state index contributed by atoms with van der Waals surface area (Å²) in [5.41, 5.74) is 3.21. The van der Waals surface area contributed by atoms with Crippen molar-refractivity contribution in [1.82, 2.24) is 4.72 Å². The third-order valence-electron chi connectivity index (χ3n) is 3.88. The Morgan fingerprint density at radius 1 is 1.04 bits per heavy atom. The maximum absolute atomic E-state index is 12.4. The highest BCUT2D eigenvalue weighted by atomic mass is 32.2. The molecule has 128 valence electrons. The molecule has 0 radical (unpaired) electrons. The van der Waals surface area contributed by atoms with Gasteiger partial charge in [0, 0.05) is 0 Å². The van der Waals surface area contributed by atoms with Crippen molar-refractivity contribution in [2.75, 3.05) is 0 Å². The van der Waals surface area contributed by atoms with Crippen LogP contribution in [0, 0.1) is 13.8 Å². The number of benzene rings is 2. The minimum absolute atomic E-state index is 0.0994. The minimum atomic E-state index is -3.77. The second-order valence-corrected chi connectivity index (χ2v) is 7.58. The van der Waals surface area contributed by atoms with Crippen molar-refractivity contribution >= 4 is 16.0 Å². The maximum atomic E-state index is 12.4. The van der Waals surface area contributed by atoms with Crippen LogP contribution in [0.2, 0.25) is 0 Å². The molecule has 2 N–H and O–H groups in total. The van der Waals surface area contributed by atoms with Gasteiger partial charge in [0.05, 0.1) is 5.75 Å². The van der Waals surface area contributed by atoms with Crippen LogP contribution >= 0.6 is 0 Å². The summed E-state index contributed by atoms with van der Waals surface area (Å²) in [6, 6.07) is 13.3. The Balaban J connectivity index is 2.17. The SMILES string of the molecule is Cc1cccc(C)c1CS(=O)(=O)N[C@H](Cc1ccccc1)C(=O)O. The summed E-state index contributed by atoms with van der Waals surface area (Å²) in [6.45, 7) is 3.69. The number of aliphatic carboxylic acids is 1. The lowest BCUT2D eigenvalue weighted by atomic mass is 10.1. The molecule has 0 heterocycles. The van der Waals surface area contributed by atoms with E-state index in [9.17, 15) is 18.3 Å². The van der Waals surface area contributed by atoms with Crippen molar-refractivity contribution in [2.45, 2.75) is 32.1 Å². The van der Waals surface area contributed by atoms with Gasteiger partial charge in [0.2, 0.25) is 10.0 Å². The van der Waals surface area contributed by atoms with Crippen LogP contribution in [0.3, 0.4) is 0 Å². The molecule has 0 saturated heterocycles. The normalized spacial score (nSPS) is 12.8. The fourth-order valence-corrected chi connectivity index (χ4v) is 4.09. The molecule has 0 saturated carbocycles. The fraction of sp³-hybridized carbons (Fsp3) is 0.278. The number of carboxylic acid groups (broad SMARTS) is 1. The van der Waals surface area contributed by atoms with Gasteiger partial charge in [-0.05, 0) is 42.5 Å². The summed E-state index contributed by atoms with van der Waals surface area (Å²) >= 11 is 0. The van der Waals surface area contributed by atoms with Crippen molar-refractivity contribution in [1.29, 1.82) is 0 Å². The molecule has 0 aliphatic rings. The largest absolute Gasteiger partial charge is 0.480 e. The van der Waals surface area contributed by atoms with Gasteiger partial charge >= 0.3 is 5.97 Å². The molecule has 0 unspecified atom stereocenters. The van der Waals surface area contributed by atoms with Crippen molar-refractivity contribution in [3.63, 3.8) is 0 Å². The van der Waals surface area contributed by atoms with E-state index >= 15 is 0 Å². The molecule has 0 aliphatic carbocycles. The van der Waals surface area contributed by atoms with Crippen LogP contribution in [-0.2, 0) is 27.0 Å². The van der Waals surface area contributed by atoms with Gasteiger partial charge < -0.3 is 5.11 Å². The number of carbonyl (C=O) groups is 1. The third-order valence-corrected chi connectivity index (χ3v) is 5.19. The van der Waals surface area contributed by atoms with E-state index < -0.39 is 22.0 Å². The Hall–Kier alpha value is -2.18. The number of nitrogens with one attached hydrogen (secondary N) is 1. The van der Waals surface area contributed by atoms with Crippen LogP contribution in [0.25, 0.3) is 0 Å². The van der Waals surface area contributed by atoms with Crippen LogP contribution in [0.4, 0.5) is 0 Å². The van der Waals surface area contributed by atoms with E-state index in [1.54, 1.807) is 24.3 Å². The second-order valence-electron chi connectivity index (χ2n) is 5.83. The Kier molecular flexibility index (Phi) is 5.75. The molecule has 5 nitrogen and oxygen atoms in total. The fourth-order valence-electron chi connectivity index (χ4n) is 2.55. The highest BCUT2D eigenvalue weighted by Gasteiger charge is 2.25. The minimum Gasteiger partial charge on any atom is -0.480 e. The Morgan fingerprint density at radius 3 is 2.17 bits per heavy atom. The number of hydrogen-bond donors (Lipinski definition) is 2. The van der Waals surface area contributed by atoms with Gasteiger partial charge in [-0.25, -0.2) is 13.1 Å². The van der Waals surface area contributed by atoms with E-state index in [-0.39, 0.29) is 12.2 Å². The van der Waals surface area contributed by atoms with Gasteiger partial charge in [0.1, 0.15) is 6.04 Å². The lowest BCUT2D eigenvalue weighted by Crippen LogP contribution is -2.42. The van der Waals surface area contributed by atoms with E-state index in [4.69, 9.17) is 0 Å². The molecule has 24 heavy (non-hydrogen) atoms. The molecule has 2 aromatic rings. The zero-order valence-corrected chi connectivity index (χ0v) is 14.5. The highest BCUT2D eigenvalue weighted by Crippen LogP contribution is 2.16. The summed E-state index contributed by atoms with van der Waals surface area (Å²) in [6.07, 6.45) is 0.0994. The first kappa shape index (κ1) is 18.2. The molecule has 0 fully saturated rings. The summed E-state index contributed by atoms with van der Waals surface area (Å²) in [7, 11) is -3.77. The van der Waals surface area contributed by atoms with Gasteiger partial charge in [0.25, 0.3) is 0 Å². The zero-order chi connectivity index (χ0) is 17.7. The molecule has 1 atom stereocenters. The lowest BCUT2D eigenvalue weighted by molar-refractivity contribution is -0.138. The average molecular weight is 347 g/mol. The summed E-state index contributed by atoms with van der Waals surface area (Å²) in [5, 5.41) is 9.35. The molecule has 0 spiro atoms. The van der Waals surface area contributed by atoms with Gasteiger partial charge in [-0.2, -0.15) is 0 Å². The van der Waals surface area contributed by atoms with Crippen molar-refractivity contribution in [2.24, 2.45) is 0 Å². The van der Waals surface area contributed by atoms with E-state index in [1.807, 2.05) is 38.1 Å². The number of hydrogen-bond acceptors (Lipinski definition) is 3. The highest BCUT2D eigenvalue weighted by molar-refractivity contribution is 7.88. The van der Waals surface area contributed by atoms with Crippen LogP contribution in [0.1, 0.15) is 22.3 Å². The quantitative estimate of drug-likeness (QED) is 0.806. The lowest BCUT2D eigenvalue weighted by Gasteiger charge is -2.16. The van der Waals surface area contributed by atoms with Crippen molar-refractivity contribution in [3.05, 3.63) is 70.8 Å². The standard InChI is InChI=1S/C18H21NO4S/c1-13-7-6-8-14(2)16(13)12-24(22,23)19-17(18(20)21)11-15-9-4-3-5-10-15/h3-10,17,19H,11-12H2,1-2H3,(H,20,21)/t17-/m1/s1. The maximum Gasteiger partial charge on any atom is 0.322 e.